The molecular weight excluding hydrogens is 497 g/mol. The monoisotopic (exact) mass is 541 g/mol. The molecule has 214 valence electrons. The molecule has 1 aromatic carbocycles. The number of amides is 1. The topological polar surface area (TPSA) is 101 Å². The van der Waals surface area contributed by atoms with Crippen LogP contribution in [-0.4, -0.2) is 82.2 Å². The van der Waals surface area contributed by atoms with Gasteiger partial charge in [0.1, 0.15) is 17.9 Å². The van der Waals surface area contributed by atoms with Gasteiger partial charge >= 0.3 is 0 Å². The third-order valence-electron chi connectivity index (χ3n) is 8.18. The van der Waals surface area contributed by atoms with Crippen LogP contribution in [0.15, 0.2) is 24.5 Å². The van der Waals surface area contributed by atoms with Gasteiger partial charge in [0.2, 0.25) is 0 Å². The number of aromatic nitrogens is 3. The summed E-state index contributed by atoms with van der Waals surface area (Å²) < 4.78 is 20.4. The molecule has 2 saturated heterocycles. The Balaban J connectivity index is 1.49. The van der Waals surface area contributed by atoms with Crippen LogP contribution in [0, 0.1) is 17.2 Å². The molecule has 1 aromatic heterocycles. The van der Waals surface area contributed by atoms with Crippen LogP contribution in [-0.2, 0) is 0 Å². The third-order valence-corrected chi connectivity index (χ3v) is 8.18. The van der Waals surface area contributed by atoms with Crippen LogP contribution in [0.1, 0.15) is 70.7 Å². The molecule has 9 nitrogen and oxygen atoms in total. The van der Waals surface area contributed by atoms with Crippen LogP contribution in [0.25, 0.3) is 0 Å². The first-order chi connectivity index (χ1) is 18.7. The summed E-state index contributed by atoms with van der Waals surface area (Å²) in [5, 5.41) is 8.17. The van der Waals surface area contributed by atoms with Crippen molar-refractivity contribution in [2.75, 3.05) is 44.2 Å². The lowest BCUT2D eigenvalue weighted by Crippen LogP contribution is -2.61. The molecule has 0 aliphatic carbocycles. The maximum absolute atomic E-state index is 14.2. The van der Waals surface area contributed by atoms with E-state index >= 15 is 0 Å². The lowest BCUT2D eigenvalue weighted by Gasteiger charge is -2.53. The van der Waals surface area contributed by atoms with Gasteiger partial charge in [0.15, 0.2) is 5.82 Å². The largest absolute Gasteiger partial charge is 0.434 e. The second kappa shape index (κ2) is 12.6. The molecule has 4 rings (SSSR count). The molecule has 3 heterocycles. The zero-order chi connectivity index (χ0) is 28.2. The number of anilines is 1. The van der Waals surface area contributed by atoms with E-state index in [9.17, 15) is 9.18 Å². The molecule has 0 bridgehead atoms. The van der Waals surface area contributed by atoms with E-state index in [0.29, 0.717) is 24.3 Å². The Morgan fingerprint density at radius 2 is 1.97 bits per heavy atom. The maximum atomic E-state index is 14.2. The number of halogens is 1. The van der Waals surface area contributed by atoms with Crippen molar-refractivity contribution < 1.29 is 13.9 Å². The maximum Gasteiger partial charge on any atom is 0.282 e. The van der Waals surface area contributed by atoms with Gasteiger partial charge in [0.25, 0.3) is 11.8 Å². The lowest BCUT2D eigenvalue weighted by atomic mass is 9.76. The molecule has 2 aliphatic heterocycles. The third kappa shape index (κ3) is 6.49. The Kier molecular flexibility index (Phi) is 9.38. The van der Waals surface area contributed by atoms with E-state index < -0.39 is 5.82 Å². The minimum Gasteiger partial charge on any atom is -0.434 e. The summed E-state index contributed by atoms with van der Waals surface area (Å²) in [5.41, 5.74) is 6.10. The fourth-order valence-corrected chi connectivity index (χ4v) is 6.16. The normalized spacial score (nSPS) is 17.6. The average Bonchev–Trinajstić information content (AvgIpc) is 3.33. The van der Waals surface area contributed by atoms with Gasteiger partial charge in [-0.25, -0.2) is 9.37 Å². The number of hydrogen-bond donors (Lipinski definition) is 1. The van der Waals surface area contributed by atoms with Crippen LogP contribution in [0.3, 0.4) is 0 Å². The second-order valence-corrected chi connectivity index (χ2v) is 11.7. The molecule has 0 radical (unpaired) electrons. The van der Waals surface area contributed by atoms with E-state index in [1.54, 1.807) is 4.90 Å². The number of carbonyl (C=O) groups excluding carboxylic acids is 1. The number of benzene rings is 1. The number of likely N-dealkylation sites (tertiary alicyclic amines) is 1. The van der Waals surface area contributed by atoms with Crippen LogP contribution in [0.5, 0.6) is 11.6 Å². The highest BCUT2D eigenvalue weighted by Gasteiger charge is 2.50. The van der Waals surface area contributed by atoms with Gasteiger partial charge in [-0.1, -0.05) is 20.3 Å². The Bertz CT molecular complexity index is 1120. The number of rotatable bonds is 12. The van der Waals surface area contributed by atoms with Crippen LogP contribution >= 0.6 is 0 Å². The summed E-state index contributed by atoms with van der Waals surface area (Å²) in [6, 6.07) is 4.53. The SMILES string of the molecule is CCN(C(=O)c1cc(F)ccc1Oc1nncnc1N1CCC2(C1)CN([C@@H](CCCCN)C(C)C)C2)C(C)C. The van der Waals surface area contributed by atoms with E-state index in [4.69, 9.17) is 10.5 Å². The van der Waals surface area contributed by atoms with E-state index in [1.807, 2.05) is 20.8 Å². The van der Waals surface area contributed by atoms with Crippen molar-refractivity contribution >= 4 is 11.7 Å². The predicted molar refractivity (Wildman–Crippen MR) is 151 cm³/mol. The van der Waals surface area contributed by atoms with Gasteiger partial charge in [-0.05, 0) is 70.7 Å². The first kappa shape index (κ1) is 29.1. The Hall–Kier alpha value is -2.85. The highest BCUT2D eigenvalue weighted by atomic mass is 19.1. The van der Waals surface area contributed by atoms with Crippen LogP contribution in [0.4, 0.5) is 10.2 Å². The first-order valence-electron chi connectivity index (χ1n) is 14.3. The molecule has 2 fully saturated rings. The van der Waals surface area contributed by atoms with Crippen molar-refractivity contribution in [2.45, 2.75) is 72.4 Å². The molecule has 1 spiro atoms. The van der Waals surface area contributed by atoms with Crippen LogP contribution in [0.2, 0.25) is 0 Å². The molecule has 2 N–H and O–H groups in total. The molecule has 39 heavy (non-hydrogen) atoms. The fraction of sp³-hybridized carbons (Fsp3) is 0.655. The minimum atomic E-state index is -0.498. The fourth-order valence-electron chi connectivity index (χ4n) is 6.16. The summed E-state index contributed by atoms with van der Waals surface area (Å²) in [5.74, 6) is 0.882. The Morgan fingerprint density at radius 1 is 1.21 bits per heavy atom. The number of nitrogens with zero attached hydrogens (tertiary/aromatic N) is 6. The second-order valence-electron chi connectivity index (χ2n) is 11.7. The molecule has 0 unspecified atom stereocenters. The van der Waals surface area contributed by atoms with Gasteiger partial charge in [0, 0.05) is 50.2 Å². The van der Waals surface area contributed by atoms with Gasteiger partial charge in [-0.15, -0.1) is 10.2 Å². The van der Waals surface area contributed by atoms with Crippen molar-refractivity contribution in [3.63, 3.8) is 0 Å². The smallest absolute Gasteiger partial charge is 0.282 e. The summed E-state index contributed by atoms with van der Waals surface area (Å²) in [6.45, 7) is 15.5. The minimum absolute atomic E-state index is 0.0360. The van der Waals surface area contributed by atoms with Crippen molar-refractivity contribution in [3.8, 4) is 11.6 Å². The number of ether oxygens (including phenoxy) is 1. The molecule has 2 aliphatic rings. The van der Waals surface area contributed by atoms with E-state index in [-0.39, 0.29) is 34.6 Å². The van der Waals surface area contributed by atoms with Gasteiger partial charge in [-0.3, -0.25) is 9.69 Å². The zero-order valence-electron chi connectivity index (χ0n) is 24.1. The quantitative estimate of drug-likeness (QED) is 0.396. The number of hydrogen-bond acceptors (Lipinski definition) is 8. The number of nitrogens with two attached hydrogens (primary N) is 1. The number of carbonyl (C=O) groups is 1. The first-order valence-corrected chi connectivity index (χ1v) is 14.3. The highest BCUT2D eigenvalue weighted by molar-refractivity contribution is 5.97. The summed E-state index contributed by atoms with van der Waals surface area (Å²) in [6.07, 6.45) is 5.92. The Morgan fingerprint density at radius 3 is 2.64 bits per heavy atom. The molecule has 1 amide bonds. The van der Waals surface area contributed by atoms with Gasteiger partial charge < -0.3 is 20.3 Å². The van der Waals surface area contributed by atoms with Crippen LogP contribution < -0.4 is 15.4 Å². The lowest BCUT2D eigenvalue weighted by molar-refractivity contribution is -0.0340. The van der Waals surface area contributed by atoms with E-state index in [0.717, 1.165) is 45.6 Å². The highest BCUT2D eigenvalue weighted by Crippen LogP contribution is 2.44. The number of unbranched alkanes of at least 4 members (excludes halogenated alkanes) is 1. The molecule has 0 saturated carbocycles. The standard InChI is InChI=1S/C29H44FN7O2/c1-6-37(21(4)5)28(38)23-15-22(30)10-11-25(23)39-27-26(32-19-33-34-27)35-14-12-29(16-35)17-36(18-29)24(20(2)3)9-7-8-13-31/h10-11,15,19-21,24H,6-9,12-14,16-18,31H2,1-5H3/t24-/m0/s1. The Labute approximate surface area is 231 Å². The van der Waals surface area contributed by atoms with Crippen molar-refractivity contribution in [3.05, 3.63) is 35.9 Å². The van der Waals surface area contributed by atoms with Crippen molar-refractivity contribution in [1.29, 1.82) is 0 Å². The van der Waals surface area contributed by atoms with Crippen molar-refractivity contribution in [1.82, 2.24) is 25.0 Å². The van der Waals surface area contributed by atoms with Gasteiger partial charge in [-0.2, -0.15) is 0 Å². The summed E-state index contributed by atoms with van der Waals surface area (Å²) in [4.78, 5) is 24.3. The van der Waals surface area contributed by atoms with Gasteiger partial charge in [0.05, 0.1) is 5.56 Å². The average molecular weight is 542 g/mol. The summed E-state index contributed by atoms with van der Waals surface area (Å²) in [7, 11) is 0. The predicted octanol–water partition coefficient (Wildman–Crippen LogP) is 4.34. The molecule has 1 atom stereocenters. The van der Waals surface area contributed by atoms with Crippen molar-refractivity contribution in [2.24, 2.45) is 17.1 Å². The summed E-state index contributed by atoms with van der Waals surface area (Å²) >= 11 is 0. The van der Waals surface area contributed by atoms with E-state index in [2.05, 4.69) is 38.8 Å². The molecule has 10 heteroatoms. The molecular formula is C29H44FN7O2. The van der Waals surface area contributed by atoms with E-state index in [1.165, 1.54) is 37.4 Å². The zero-order valence-corrected chi connectivity index (χ0v) is 24.1. The molecule has 2 aromatic rings.